The Balaban J connectivity index is 1.61. The van der Waals surface area contributed by atoms with Crippen LogP contribution in [0.4, 0.5) is 0 Å². The van der Waals surface area contributed by atoms with Crippen LogP contribution in [0.15, 0.2) is 24.7 Å². The van der Waals surface area contributed by atoms with Gasteiger partial charge >= 0.3 is 0 Å². The first-order valence-electron chi connectivity index (χ1n) is 7.94. The summed E-state index contributed by atoms with van der Waals surface area (Å²) in [6.07, 6.45) is 10.1. The molecule has 0 N–H and O–H groups in total. The van der Waals surface area contributed by atoms with Crippen LogP contribution in [0.2, 0.25) is 0 Å². The Labute approximate surface area is 130 Å². The van der Waals surface area contributed by atoms with Gasteiger partial charge in [0.2, 0.25) is 0 Å². The van der Waals surface area contributed by atoms with Crippen LogP contribution < -0.4 is 0 Å². The molecule has 0 amide bonds. The molecule has 0 radical (unpaired) electrons. The molecule has 1 aliphatic carbocycles. The molecule has 1 saturated carbocycles. The zero-order valence-corrected chi connectivity index (χ0v) is 13.2. The third kappa shape index (κ3) is 2.11. The Morgan fingerprint density at radius 3 is 2.55 bits per heavy atom. The zero-order chi connectivity index (χ0) is 15.3. The van der Waals surface area contributed by atoms with Gasteiger partial charge in [0, 0.05) is 29.8 Å². The Morgan fingerprint density at radius 1 is 1.05 bits per heavy atom. The van der Waals surface area contributed by atoms with Gasteiger partial charge in [0.25, 0.3) is 0 Å². The second kappa shape index (κ2) is 4.85. The number of hydrogen-bond donors (Lipinski definition) is 0. The van der Waals surface area contributed by atoms with Gasteiger partial charge in [-0.25, -0.2) is 0 Å². The quantitative estimate of drug-likeness (QED) is 0.798. The molecule has 1 aromatic heterocycles. The number of rotatable bonds is 1. The summed E-state index contributed by atoms with van der Waals surface area (Å²) in [5.74, 6) is -0.440. The molecule has 0 aromatic carbocycles. The van der Waals surface area contributed by atoms with E-state index in [2.05, 4.69) is 29.9 Å². The highest BCUT2D eigenvalue weighted by molar-refractivity contribution is 5.66. The Bertz CT molecular complexity index is 593. The highest BCUT2D eigenvalue weighted by atomic mass is 16.7. The van der Waals surface area contributed by atoms with Gasteiger partial charge in [0.1, 0.15) is 0 Å². The van der Waals surface area contributed by atoms with Crippen LogP contribution >= 0.6 is 0 Å². The van der Waals surface area contributed by atoms with Crippen molar-refractivity contribution in [2.24, 2.45) is 5.41 Å². The van der Waals surface area contributed by atoms with Crippen LogP contribution in [0.3, 0.4) is 0 Å². The molecule has 1 aromatic rings. The number of nitrogens with zero attached hydrogens (tertiary/aromatic N) is 2. The average molecular weight is 302 g/mol. The Kier molecular flexibility index (Phi) is 3.15. The van der Waals surface area contributed by atoms with E-state index in [0.29, 0.717) is 19.8 Å². The van der Waals surface area contributed by atoms with Crippen molar-refractivity contribution in [2.75, 3.05) is 19.8 Å². The van der Waals surface area contributed by atoms with Gasteiger partial charge in [-0.05, 0) is 18.9 Å². The van der Waals surface area contributed by atoms with Gasteiger partial charge in [-0.1, -0.05) is 13.8 Å². The van der Waals surface area contributed by atoms with Crippen molar-refractivity contribution in [1.82, 2.24) is 9.97 Å². The first-order valence-corrected chi connectivity index (χ1v) is 7.94. The largest absolute Gasteiger partial charge is 0.366 e. The molecule has 3 heterocycles. The summed E-state index contributed by atoms with van der Waals surface area (Å²) in [6.45, 7) is 6.42. The summed E-state index contributed by atoms with van der Waals surface area (Å²) in [7, 11) is 0. The molecule has 2 aliphatic heterocycles. The molecule has 4 rings (SSSR count). The molecule has 2 fully saturated rings. The molecule has 3 aliphatic rings. The maximum Gasteiger partial charge on any atom is 0.173 e. The van der Waals surface area contributed by atoms with Crippen LogP contribution in [0.1, 0.15) is 38.8 Å². The van der Waals surface area contributed by atoms with E-state index in [9.17, 15) is 0 Å². The van der Waals surface area contributed by atoms with E-state index in [-0.39, 0.29) is 11.0 Å². The minimum Gasteiger partial charge on any atom is -0.366 e. The number of aromatic nitrogens is 2. The minimum absolute atomic E-state index is 0.0872. The van der Waals surface area contributed by atoms with E-state index < -0.39 is 5.79 Å². The number of ether oxygens (including phenoxy) is 3. The van der Waals surface area contributed by atoms with Crippen LogP contribution in [0.25, 0.3) is 5.57 Å². The SMILES string of the molecule is CC1(C)CC2(C=C(c3cnccn3)CO2)CCC12OCCO2. The molecule has 0 bridgehead atoms. The average Bonchev–Trinajstić information content (AvgIpc) is 3.13. The van der Waals surface area contributed by atoms with Crippen LogP contribution in [-0.2, 0) is 14.2 Å². The lowest BCUT2D eigenvalue weighted by atomic mass is 9.65. The third-order valence-electron chi connectivity index (χ3n) is 5.25. The predicted molar refractivity (Wildman–Crippen MR) is 81.0 cm³/mol. The molecule has 2 spiro atoms. The standard InChI is InChI=1S/C17H22N2O3/c1-15(2)12-16(3-4-17(15)20-7-8-21-17)9-13(11-22-16)14-10-18-5-6-19-14/h5-6,9-10H,3-4,7-8,11-12H2,1-2H3. The predicted octanol–water partition coefficient (Wildman–Crippen LogP) is 2.58. The summed E-state index contributed by atoms with van der Waals surface area (Å²) in [5.41, 5.74) is 1.73. The molecule has 5 nitrogen and oxygen atoms in total. The third-order valence-corrected chi connectivity index (χ3v) is 5.25. The second-order valence-electron chi connectivity index (χ2n) is 7.12. The fourth-order valence-corrected chi connectivity index (χ4v) is 4.16. The van der Waals surface area contributed by atoms with Crippen LogP contribution in [0, 0.1) is 5.41 Å². The normalized spacial score (nSPS) is 32.5. The van der Waals surface area contributed by atoms with Crippen molar-refractivity contribution >= 4 is 5.57 Å². The maximum atomic E-state index is 6.22. The lowest BCUT2D eigenvalue weighted by Crippen LogP contribution is -2.55. The van der Waals surface area contributed by atoms with Crippen molar-refractivity contribution in [1.29, 1.82) is 0 Å². The van der Waals surface area contributed by atoms with E-state index in [1.54, 1.807) is 18.6 Å². The summed E-state index contributed by atoms with van der Waals surface area (Å²) in [6, 6.07) is 0. The summed E-state index contributed by atoms with van der Waals surface area (Å²) in [5, 5.41) is 0. The molecule has 5 heteroatoms. The zero-order valence-electron chi connectivity index (χ0n) is 13.2. The van der Waals surface area contributed by atoms with E-state index in [4.69, 9.17) is 14.2 Å². The molecule has 1 unspecified atom stereocenters. The fraction of sp³-hybridized carbons (Fsp3) is 0.647. The maximum absolute atomic E-state index is 6.22. The van der Waals surface area contributed by atoms with Gasteiger partial charge in [-0.3, -0.25) is 9.97 Å². The molecular formula is C17H22N2O3. The monoisotopic (exact) mass is 302 g/mol. The van der Waals surface area contributed by atoms with Crippen molar-refractivity contribution in [2.45, 2.75) is 44.5 Å². The van der Waals surface area contributed by atoms with E-state index >= 15 is 0 Å². The van der Waals surface area contributed by atoms with Crippen molar-refractivity contribution in [3.05, 3.63) is 30.4 Å². The fourth-order valence-electron chi connectivity index (χ4n) is 4.16. The smallest absolute Gasteiger partial charge is 0.173 e. The first-order chi connectivity index (χ1) is 10.5. The topological polar surface area (TPSA) is 53.5 Å². The van der Waals surface area contributed by atoms with Crippen LogP contribution in [-0.4, -0.2) is 41.2 Å². The van der Waals surface area contributed by atoms with E-state index in [0.717, 1.165) is 30.5 Å². The highest BCUT2D eigenvalue weighted by Crippen LogP contribution is 2.55. The molecule has 22 heavy (non-hydrogen) atoms. The molecule has 1 saturated heterocycles. The van der Waals surface area contributed by atoms with E-state index in [1.165, 1.54) is 0 Å². The molecule has 1 atom stereocenters. The lowest BCUT2D eigenvalue weighted by Gasteiger charge is -2.51. The number of hydrogen-bond acceptors (Lipinski definition) is 5. The molecule has 118 valence electrons. The summed E-state index contributed by atoms with van der Waals surface area (Å²) >= 11 is 0. The van der Waals surface area contributed by atoms with Crippen molar-refractivity contribution < 1.29 is 14.2 Å². The highest BCUT2D eigenvalue weighted by Gasteiger charge is 2.58. The van der Waals surface area contributed by atoms with Gasteiger partial charge in [-0.2, -0.15) is 0 Å². The van der Waals surface area contributed by atoms with Gasteiger partial charge in [0.15, 0.2) is 5.79 Å². The van der Waals surface area contributed by atoms with Crippen LogP contribution in [0.5, 0.6) is 0 Å². The Hall–Kier alpha value is -1.30. The minimum atomic E-state index is -0.440. The van der Waals surface area contributed by atoms with Gasteiger partial charge in [-0.15, -0.1) is 0 Å². The van der Waals surface area contributed by atoms with Gasteiger partial charge in [0.05, 0.1) is 37.3 Å². The summed E-state index contributed by atoms with van der Waals surface area (Å²) in [4.78, 5) is 8.54. The second-order valence-corrected chi connectivity index (χ2v) is 7.12. The van der Waals surface area contributed by atoms with Crippen molar-refractivity contribution in [3.8, 4) is 0 Å². The first kappa shape index (κ1) is 14.3. The lowest BCUT2D eigenvalue weighted by molar-refractivity contribution is -0.267. The Morgan fingerprint density at radius 2 is 1.86 bits per heavy atom. The molecular weight excluding hydrogens is 280 g/mol. The van der Waals surface area contributed by atoms with Gasteiger partial charge < -0.3 is 14.2 Å². The summed E-state index contributed by atoms with van der Waals surface area (Å²) < 4.78 is 18.2. The van der Waals surface area contributed by atoms with Crippen molar-refractivity contribution in [3.63, 3.8) is 0 Å². The van der Waals surface area contributed by atoms with E-state index in [1.807, 2.05) is 0 Å².